The monoisotopic (exact) mass is 440 g/mol. The van der Waals surface area contributed by atoms with Gasteiger partial charge in [-0.1, -0.05) is 6.07 Å². The fourth-order valence-corrected chi connectivity index (χ4v) is 4.48. The highest BCUT2D eigenvalue weighted by atomic mass is 32.2. The van der Waals surface area contributed by atoms with Crippen molar-refractivity contribution >= 4 is 27.5 Å². The van der Waals surface area contributed by atoms with E-state index in [0.717, 1.165) is 22.3 Å². The van der Waals surface area contributed by atoms with E-state index in [4.69, 9.17) is 0 Å². The van der Waals surface area contributed by atoms with E-state index in [9.17, 15) is 8.42 Å². The minimum absolute atomic E-state index is 0.222. The molecule has 31 heavy (non-hydrogen) atoms. The molecule has 8 nitrogen and oxygen atoms in total. The molecule has 3 N–H and O–H groups in total. The molecular weight excluding hydrogens is 412 g/mol. The first kappa shape index (κ1) is 22.6. The summed E-state index contributed by atoms with van der Waals surface area (Å²) in [7, 11) is -3.59. The Bertz CT molecular complexity index is 1190. The van der Waals surface area contributed by atoms with Crippen LogP contribution in [-0.2, 0) is 10.0 Å². The molecule has 0 spiro atoms. The van der Waals surface area contributed by atoms with E-state index in [1.54, 1.807) is 32.2 Å². The number of anilines is 3. The molecule has 0 aliphatic heterocycles. The van der Waals surface area contributed by atoms with E-state index in [-0.39, 0.29) is 6.54 Å². The summed E-state index contributed by atoms with van der Waals surface area (Å²) in [5, 5.41) is 6.31. The normalized spacial score (nSPS) is 11.4. The zero-order chi connectivity index (χ0) is 22.6. The maximum atomic E-state index is 12.7. The van der Waals surface area contributed by atoms with E-state index in [1.165, 1.54) is 0 Å². The molecule has 3 aromatic rings. The third kappa shape index (κ3) is 5.99. The van der Waals surface area contributed by atoms with Crippen LogP contribution in [-0.4, -0.2) is 36.5 Å². The second-order valence-electron chi connectivity index (χ2n) is 7.56. The van der Waals surface area contributed by atoms with Gasteiger partial charge in [-0.05, 0) is 75.1 Å². The van der Waals surface area contributed by atoms with Crippen molar-refractivity contribution in [3.63, 3.8) is 0 Å². The van der Waals surface area contributed by atoms with E-state index < -0.39 is 10.0 Å². The number of hydrogen-bond acceptors (Lipinski definition) is 7. The van der Waals surface area contributed by atoms with Crippen molar-refractivity contribution in [2.24, 2.45) is 0 Å². The van der Waals surface area contributed by atoms with Crippen molar-refractivity contribution < 1.29 is 8.42 Å². The van der Waals surface area contributed by atoms with Crippen LogP contribution in [0.25, 0.3) is 0 Å². The maximum absolute atomic E-state index is 12.7. The number of nitrogens with zero attached hydrogens (tertiary/aromatic N) is 3. The lowest BCUT2D eigenvalue weighted by Gasteiger charge is -2.13. The fourth-order valence-electron chi connectivity index (χ4n) is 3.14. The topological polar surface area (TPSA) is 109 Å². The smallest absolute Gasteiger partial charge is 0.240 e. The van der Waals surface area contributed by atoms with Gasteiger partial charge in [0.15, 0.2) is 0 Å². The second-order valence-corrected chi connectivity index (χ2v) is 9.29. The minimum atomic E-state index is -3.59. The van der Waals surface area contributed by atoms with Crippen molar-refractivity contribution in [1.82, 2.24) is 19.7 Å². The number of sulfonamides is 1. The van der Waals surface area contributed by atoms with Crippen molar-refractivity contribution in [2.75, 3.05) is 23.7 Å². The van der Waals surface area contributed by atoms with Gasteiger partial charge in [0.05, 0.1) is 4.90 Å². The molecule has 1 aromatic carbocycles. The van der Waals surface area contributed by atoms with Crippen LogP contribution in [0, 0.1) is 34.6 Å². The zero-order valence-electron chi connectivity index (χ0n) is 18.4. The number of aromatic nitrogens is 3. The number of nitrogens with one attached hydrogen (secondary N) is 3. The first-order valence-electron chi connectivity index (χ1n) is 10.0. The molecule has 3 rings (SSSR count). The van der Waals surface area contributed by atoms with Crippen LogP contribution in [0.1, 0.15) is 28.1 Å². The molecule has 2 aromatic heterocycles. The molecule has 0 saturated heterocycles. The predicted molar refractivity (Wildman–Crippen MR) is 123 cm³/mol. The highest BCUT2D eigenvalue weighted by Crippen LogP contribution is 2.20. The van der Waals surface area contributed by atoms with Gasteiger partial charge in [-0.15, -0.1) is 0 Å². The van der Waals surface area contributed by atoms with Gasteiger partial charge >= 0.3 is 0 Å². The molecule has 164 valence electrons. The van der Waals surface area contributed by atoms with Crippen LogP contribution >= 0.6 is 0 Å². The Morgan fingerprint density at radius 3 is 2.26 bits per heavy atom. The van der Waals surface area contributed by atoms with Gasteiger partial charge in [0.25, 0.3) is 0 Å². The Morgan fingerprint density at radius 1 is 0.806 bits per heavy atom. The highest BCUT2D eigenvalue weighted by Gasteiger charge is 2.17. The average molecular weight is 441 g/mol. The number of hydrogen-bond donors (Lipinski definition) is 3. The predicted octanol–water partition coefficient (Wildman–Crippen LogP) is 3.55. The number of rotatable bonds is 8. The molecule has 0 atom stereocenters. The lowest BCUT2D eigenvalue weighted by Crippen LogP contribution is -2.29. The Balaban J connectivity index is 1.62. The molecule has 2 heterocycles. The third-order valence-electron chi connectivity index (χ3n) is 4.81. The summed E-state index contributed by atoms with van der Waals surface area (Å²) in [5.41, 5.74) is 3.84. The van der Waals surface area contributed by atoms with Gasteiger partial charge in [-0.3, -0.25) is 0 Å². The quantitative estimate of drug-likeness (QED) is 0.460. The van der Waals surface area contributed by atoms with E-state index >= 15 is 0 Å². The highest BCUT2D eigenvalue weighted by molar-refractivity contribution is 7.89. The Kier molecular flexibility index (Phi) is 6.87. The second kappa shape index (κ2) is 9.40. The summed E-state index contributed by atoms with van der Waals surface area (Å²) in [6.07, 6.45) is 1.73. The Labute approximate surface area is 183 Å². The molecule has 0 saturated carbocycles. The van der Waals surface area contributed by atoms with Crippen molar-refractivity contribution in [2.45, 2.75) is 39.5 Å². The van der Waals surface area contributed by atoms with Gasteiger partial charge in [0.2, 0.25) is 10.0 Å². The van der Waals surface area contributed by atoms with Gasteiger partial charge in [-0.2, -0.15) is 0 Å². The lowest BCUT2D eigenvalue weighted by molar-refractivity contribution is 0.582. The molecule has 0 unspecified atom stereocenters. The molecule has 0 fully saturated rings. The summed E-state index contributed by atoms with van der Waals surface area (Å²) >= 11 is 0. The van der Waals surface area contributed by atoms with Crippen molar-refractivity contribution in [3.05, 3.63) is 64.6 Å². The summed E-state index contributed by atoms with van der Waals surface area (Å²) in [4.78, 5) is 13.3. The van der Waals surface area contributed by atoms with Gasteiger partial charge in [0.1, 0.15) is 23.3 Å². The van der Waals surface area contributed by atoms with Gasteiger partial charge in [-0.25, -0.2) is 28.1 Å². The van der Waals surface area contributed by atoms with Crippen LogP contribution in [0.4, 0.5) is 17.5 Å². The molecule has 0 aliphatic carbocycles. The zero-order valence-corrected chi connectivity index (χ0v) is 19.3. The van der Waals surface area contributed by atoms with Crippen molar-refractivity contribution in [3.8, 4) is 0 Å². The van der Waals surface area contributed by atoms with Crippen molar-refractivity contribution in [1.29, 1.82) is 0 Å². The maximum Gasteiger partial charge on any atom is 0.240 e. The van der Waals surface area contributed by atoms with Crippen LogP contribution < -0.4 is 15.4 Å². The lowest BCUT2D eigenvalue weighted by atomic mass is 10.1. The molecule has 0 aliphatic rings. The first-order valence-corrected chi connectivity index (χ1v) is 11.5. The summed E-state index contributed by atoms with van der Waals surface area (Å²) in [5.74, 6) is 2.50. The number of pyridine rings is 1. The summed E-state index contributed by atoms with van der Waals surface area (Å²) in [6.45, 7) is 10.1. The van der Waals surface area contributed by atoms with Crippen LogP contribution in [0.3, 0.4) is 0 Å². The largest absolute Gasteiger partial charge is 0.369 e. The minimum Gasteiger partial charge on any atom is -0.369 e. The number of benzene rings is 1. The number of aryl methyl sites for hydroxylation is 5. The van der Waals surface area contributed by atoms with E-state index in [1.807, 2.05) is 39.0 Å². The molecule has 0 bridgehead atoms. The Morgan fingerprint density at radius 2 is 1.52 bits per heavy atom. The standard InChI is InChI=1S/C22H28N6O2S/c1-14-6-7-23-20(10-14)28-22-13-21(26-18(5)27-22)24-8-9-25-31(29,30)19-12-16(3)15(2)11-17(19)4/h6-7,10-13,25H,8-9H2,1-5H3,(H2,23,24,26,27,28). The average Bonchev–Trinajstić information content (AvgIpc) is 2.67. The van der Waals surface area contributed by atoms with E-state index in [0.29, 0.717) is 34.7 Å². The summed E-state index contributed by atoms with van der Waals surface area (Å²) < 4.78 is 28.0. The Hall–Kier alpha value is -3.04. The van der Waals surface area contributed by atoms with Crippen LogP contribution in [0.5, 0.6) is 0 Å². The van der Waals surface area contributed by atoms with Crippen LogP contribution in [0.2, 0.25) is 0 Å². The molecule has 0 amide bonds. The fraction of sp³-hybridized carbons (Fsp3) is 0.318. The molecular formula is C22H28N6O2S. The first-order chi connectivity index (χ1) is 14.6. The van der Waals surface area contributed by atoms with Gasteiger partial charge < -0.3 is 10.6 Å². The van der Waals surface area contributed by atoms with Gasteiger partial charge in [0, 0.05) is 25.4 Å². The molecule has 9 heteroatoms. The summed E-state index contributed by atoms with van der Waals surface area (Å²) in [6, 6.07) is 9.21. The van der Waals surface area contributed by atoms with E-state index in [2.05, 4.69) is 30.3 Å². The SMILES string of the molecule is Cc1ccnc(Nc2cc(NCCNS(=O)(=O)c3cc(C)c(C)cc3C)nc(C)n2)c1. The third-order valence-corrected chi connectivity index (χ3v) is 6.42. The molecule has 0 radical (unpaired) electrons. The van der Waals surface area contributed by atoms with Crippen LogP contribution in [0.15, 0.2) is 41.4 Å².